The summed E-state index contributed by atoms with van der Waals surface area (Å²) in [5, 5.41) is 0.682. The Morgan fingerprint density at radius 2 is 1.88 bits per heavy atom. The first kappa shape index (κ1) is 18.9. The average molecular weight is 360 g/mol. The molecule has 0 atom stereocenters. The largest absolute Gasteiger partial charge is 0.493 e. The van der Waals surface area contributed by atoms with Gasteiger partial charge in [0.2, 0.25) is 5.91 Å². The van der Waals surface area contributed by atoms with Crippen LogP contribution in [0.25, 0.3) is 6.08 Å². The van der Waals surface area contributed by atoms with Gasteiger partial charge in [0.25, 0.3) is 0 Å². The Morgan fingerprint density at radius 1 is 1.16 bits per heavy atom. The summed E-state index contributed by atoms with van der Waals surface area (Å²) in [7, 11) is 3.36. The van der Waals surface area contributed by atoms with Crippen molar-refractivity contribution in [1.82, 2.24) is 4.90 Å². The number of hydrogen-bond donors (Lipinski definition) is 0. The van der Waals surface area contributed by atoms with E-state index in [1.165, 1.54) is 0 Å². The highest BCUT2D eigenvalue weighted by Gasteiger charge is 2.07. The molecule has 5 heteroatoms. The second kappa shape index (κ2) is 9.14. The molecule has 2 rings (SSSR count). The van der Waals surface area contributed by atoms with E-state index in [4.69, 9.17) is 21.1 Å². The third kappa shape index (κ3) is 5.54. The van der Waals surface area contributed by atoms with Gasteiger partial charge >= 0.3 is 0 Å². The predicted octanol–water partition coefficient (Wildman–Crippen LogP) is 4.42. The lowest BCUT2D eigenvalue weighted by Crippen LogP contribution is -2.24. The van der Waals surface area contributed by atoms with Gasteiger partial charge in [0.05, 0.1) is 13.7 Å². The summed E-state index contributed by atoms with van der Waals surface area (Å²) in [6, 6.07) is 13.0. The van der Waals surface area contributed by atoms with Gasteiger partial charge in [0.15, 0.2) is 11.5 Å². The molecule has 132 valence electrons. The summed E-state index contributed by atoms with van der Waals surface area (Å²) >= 11 is 5.87. The SMILES string of the molecule is CCOc1ccc(/C=C/C(=O)N(C)Cc2ccc(Cl)cc2)cc1OC. The maximum Gasteiger partial charge on any atom is 0.246 e. The van der Waals surface area contributed by atoms with E-state index in [-0.39, 0.29) is 5.91 Å². The van der Waals surface area contributed by atoms with Gasteiger partial charge in [-0.1, -0.05) is 29.8 Å². The molecule has 0 radical (unpaired) electrons. The Balaban J connectivity index is 2.02. The van der Waals surface area contributed by atoms with Crippen LogP contribution in [0.4, 0.5) is 0 Å². The van der Waals surface area contributed by atoms with Crippen LogP contribution in [-0.4, -0.2) is 31.6 Å². The Labute approximate surface area is 153 Å². The standard InChI is InChI=1S/C20H22ClNO3/c1-4-25-18-11-7-15(13-19(18)24-3)8-12-20(23)22(2)14-16-5-9-17(21)10-6-16/h5-13H,4,14H2,1-3H3/b12-8+. The molecule has 0 unspecified atom stereocenters. The van der Waals surface area contributed by atoms with Gasteiger partial charge < -0.3 is 14.4 Å². The van der Waals surface area contributed by atoms with E-state index in [9.17, 15) is 4.79 Å². The summed E-state index contributed by atoms with van der Waals surface area (Å²) in [6.07, 6.45) is 3.31. The minimum absolute atomic E-state index is 0.0807. The zero-order valence-corrected chi connectivity index (χ0v) is 15.4. The second-order valence-corrected chi connectivity index (χ2v) is 5.93. The third-order valence-corrected chi connectivity index (χ3v) is 3.87. The first-order chi connectivity index (χ1) is 12.0. The van der Waals surface area contributed by atoms with Crippen LogP contribution in [-0.2, 0) is 11.3 Å². The fourth-order valence-corrected chi connectivity index (χ4v) is 2.42. The number of carbonyl (C=O) groups is 1. The lowest BCUT2D eigenvalue weighted by molar-refractivity contribution is -0.125. The number of ether oxygens (including phenoxy) is 2. The number of methoxy groups -OCH3 is 1. The fraction of sp³-hybridized carbons (Fsp3) is 0.250. The van der Waals surface area contributed by atoms with Crippen molar-refractivity contribution in [3.8, 4) is 11.5 Å². The summed E-state index contributed by atoms with van der Waals surface area (Å²) in [5.74, 6) is 1.25. The van der Waals surface area contributed by atoms with E-state index in [2.05, 4.69) is 0 Å². The molecule has 2 aromatic carbocycles. The molecule has 2 aromatic rings. The Morgan fingerprint density at radius 3 is 2.52 bits per heavy atom. The van der Waals surface area contributed by atoms with E-state index < -0.39 is 0 Å². The van der Waals surface area contributed by atoms with Crippen molar-refractivity contribution in [2.45, 2.75) is 13.5 Å². The highest BCUT2D eigenvalue weighted by Crippen LogP contribution is 2.28. The van der Waals surface area contributed by atoms with Crippen LogP contribution in [0.15, 0.2) is 48.5 Å². The van der Waals surface area contributed by atoms with Crippen LogP contribution in [0.5, 0.6) is 11.5 Å². The summed E-state index contributed by atoms with van der Waals surface area (Å²) in [6.45, 7) is 3.01. The lowest BCUT2D eigenvalue weighted by Gasteiger charge is -2.15. The lowest BCUT2D eigenvalue weighted by atomic mass is 10.1. The maximum atomic E-state index is 12.3. The summed E-state index contributed by atoms with van der Waals surface area (Å²) in [4.78, 5) is 13.9. The van der Waals surface area contributed by atoms with Gasteiger partial charge in [-0.05, 0) is 48.4 Å². The second-order valence-electron chi connectivity index (χ2n) is 5.50. The van der Waals surface area contributed by atoms with Crippen molar-refractivity contribution < 1.29 is 14.3 Å². The van der Waals surface area contributed by atoms with Gasteiger partial charge in [-0.25, -0.2) is 0 Å². The molecule has 0 spiro atoms. The maximum absolute atomic E-state index is 12.3. The zero-order valence-electron chi connectivity index (χ0n) is 14.7. The average Bonchev–Trinajstić information content (AvgIpc) is 2.62. The zero-order chi connectivity index (χ0) is 18.2. The van der Waals surface area contributed by atoms with Crippen molar-refractivity contribution in [3.05, 3.63) is 64.7 Å². The third-order valence-electron chi connectivity index (χ3n) is 3.62. The number of carbonyl (C=O) groups excluding carboxylic acids is 1. The van der Waals surface area contributed by atoms with Crippen LogP contribution in [0.1, 0.15) is 18.1 Å². The molecule has 1 amide bonds. The van der Waals surface area contributed by atoms with E-state index in [1.807, 2.05) is 49.4 Å². The highest BCUT2D eigenvalue weighted by molar-refractivity contribution is 6.30. The molecule has 0 heterocycles. The number of likely N-dealkylation sites (N-methyl/N-ethyl adjacent to an activating group) is 1. The van der Waals surface area contributed by atoms with Crippen LogP contribution < -0.4 is 9.47 Å². The fourth-order valence-electron chi connectivity index (χ4n) is 2.30. The number of nitrogens with zero attached hydrogens (tertiary/aromatic N) is 1. The molecule has 0 fully saturated rings. The monoisotopic (exact) mass is 359 g/mol. The van der Waals surface area contributed by atoms with Crippen LogP contribution in [0.2, 0.25) is 5.02 Å². The number of halogens is 1. The summed E-state index contributed by atoms with van der Waals surface area (Å²) < 4.78 is 10.8. The molecule has 0 saturated heterocycles. The van der Waals surface area contributed by atoms with E-state index in [1.54, 1.807) is 31.2 Å². The van der Waals surface area contributed by atoms with E-state index in [0.717, 1.165) is 11.1 Å². The molecular weight excluding hydrogens is 338 g/mol. The molecule has 0 aliphatic carbocycles. The first-order valence-electron chi connectivity index (χ1n) is 8.02. The summed E-state index contributed by atoms with van der Waals surface area (Å²) in [5.41, 5.74) is 1.89. The van der Waals surface area contributed by atoms with Crippen LogP contribution in [0.3, 0.4) is 0 Å². The number of amides is 1. The topological polar surface area (TPSA) is 38.8 Å². The highest BCUT2D eigenvalue weighted by atomic mass is 35.5. The molecule has 0 bridgehead atoms. The molecule has 0 aliphatic rings. The van der Waals surface area contributed by atoms with Gasteiger partial charge in [0, 0.05) is 24.7 Å². The number of hydrogen-bond acceptors (Lipinski definition) is 3. The Bertz CT molecular complexity index is 741. The minimum Gasteiger partial charge on any atom is -0.493 e. The Kier molecular flexibility index (Phi) is 6.90. The first-order valence-corrected chi connectivity index (χ1v) is 8.39. The van der Waals surface area contributed by atoms with Gasteiger partial charge in [-0.3, -0.25) is 4.79 Å². The number of rotatable bonds is 7. The van der Waals surface area contributed by atoms with Crippen LogP contribution in [0, 0.1) is 0 Å². The molecule has 25 heavy (non-hydrogen) atoms. The molecule has 0 aromatic heterocycles. The number of benzene rings is 2. The van der Waals surface area contributed by atoms with Crippen LogP contribution >= 0.6 is 11.6 Å². The smallest absolute Gasteiger partial charge is 0.246 e. The van der Waals surface area contributed by atoms with Gasteiger partial charge in [0.1, 0.15) is 0 Å². The van der Waals surface area contributed by atoms with E-state index >= 15 is 0 Å². The van der Waals surface area contributed by atoms with Crippen molar-refractivity contribution in [1.29, 1.82) is 0 Å². The van der Waals surface area contributed by atoms with Crippen molar-refractivity contribution in [3.63, 3.8) is 0 Å². The molecular formula is C20H22ClNO3. The van der Waals surface area contributed by atoms with Gasteiger partial charge in [-0.2, -0.15) is 0 Å². The van der Waals surface area contributed by atoms with Crippen molar-refractivity contribution in [2.24, 2.45) is 0 Å². The normalized spacial score (nSPS) is 10.7. The quantitative estimate of drug-likeness (QED) is 0.687. The minimum atomic E-state index is -0.0807. The van der Waals surface area contributed by atoms with Crippen molar-refractivity contribution in [2.75, 3.05) is 20.8 Å². The molecule has 4 nitrogen and oxygen atoms in total. The molecule has 0 aliphatic heterocycles. The molecule has 0 N–H and O–H groups in total. The Hall–Kier alpha value is -2.46. The van der Waals surface area contributed by atoms with E-state index in [0.29, 0.717) is 29.7 Å². The molecule has 0 saturated carbocycles. The predicted molar refractivity (Wildman–Crippen MR) is 101 cm³/mol. The van der Waals surface area contributed by atoms with Crippen molar-refractivity contribution >= 4 is 23.6 Å². The van der Waals surface area contributed by atoms with Gasteiger partial charge in [-0.15, -0.1) is 0 Å².